The molecule has 88 valence electrons. The third-order valence-corrected chi connectivity index (χ3v) is 3.26. The normalized spacial score (nSPS) is 10.4. The fourth-order valence-corrected chi connectivity index (χ4v) is 1.93. The second-order valence-corrected chi connectivity index (χ2v) is 5.41. The molecule has 2 rings (SSSR count). The predicted molar refractivity (Wildman–Crippen MR) is 73.7 cm³/mol. The third-order valence-electron chi connectivity index (χ3n) is 2.04. The van der Waals surface area contributed by atoms with E-state index in [4.69, 9.17) is 16.3 Å². The number of hydrogen-bond acceptors (Lipinski definition) is 3. The van der Waals surface area contributed by atoms with Crippen molar-refractivity contribution < 1.29 is 4.74 Å². The van der Waals surface area contributed by atoms with Crippen molar-refractivity contribution >= 4 is 43.5 Å². The van der Waals surface area contributed by atoms with Crippen molar-refractivity contribution in [3.8, 4) is 11.6 Å². The van der Waals surface area contributed by atoms with Crippen LogP contribution >= 0.6 is 43.5 Å². The Bertz CT molecular complexity index is 514. The highest BCUT2D eigenvalue weighted by atomic mass is 79.9. The summed E-state index contributed by atoms with van der Waals surface area (Å²) in [7, 11) is 0. The van der Waals surface area contributed by atoms with Gasteiger partial charge in [-0.15, -0.1) is 0 Å². The van der Waals surface area contributed by atoms with E-state index >= 15 is 0 Å². The monoisotopic (exact) mass is 376 g/mol. The molecule has 0 atom stereocenters. The zero-order valence-corrected chi connectivity index (χ0v) is 12.7. The summed E-state index contributed by atoms with van der Waals surface area (Å²) in [5, 5.41) is 0.149. The van der Waals surface area contributed by atoms with Crippen LogP contribution in [0.15, 0.2) is 33.3 Å². The fourth-order valence-electron chi connectivity index (χ4n) is 1.19. The Kier molecular flexibility index (Phi) is 4.01. The van der Waals surface area contributed by atoms with Crippen molar-refractivity contribution in [2.75, 3.05) is 0 Å². The van der Waals surface area contributed by atoms with Crippen LogP contribution in [0.3, 0.4) is 0 Å². The van der Waals surface area contributed by atoms with Crippen molar-refractivity contribution in [3.63, 3.8) is 0 Å². The quantitative estimate of drug-likeness (QED) is 0.707. The molecule has 3 nitrogen and oxygen atoms in total. The number of rotatable bonds is 2. The predicted octanol–water partition coefficient (Wildman–Crippen LogP) is 4.76. The van der Waals surface area contributed by atoms with Crippen LogP contribution in [0.5, 0.6) is 11.6 Å². The summed E-state index contributed by atoms with van der Waals surface area (Å²) in [6.07, 6.45) is 1.55. The Balaban J connectivity index is 2.37. The van der Waals surface area contributed by atoms with Crippen molar-refractivity contribution in [1.82, 2.24) is 9.97 Å². The average Bonchev–Trinajstić information content (AvgIpc) is 2.28. The minimum atomic E-state index is 0.149. The Labute approximate surface area is 120 Å². The van der Waals surface area contributed by atoms with Crippen LogP contribution < -0.4 is 4.74 Å². The molecule has 0 saturated heterocycles. The van der Waals surface area contributed by atoms with Crippen LogP contribution in [0, 0.1) is 6.92 Å². The molecule has 1 aromatic heterocycles. The molecule has 2 aromatic rings. The van der Waals surface area contributed by atoms with Gasteiger partial charge in [0.25, 0.3) is 0 Å². The fraction of sp³-hybridized carbons (Fsp3) is 0.0909. The van der Waals surface area contributed by atoms with E-state index in [-0.39, 0.29) is 5.28 Å². The number of halogens is 3. The number of benzene rings is 1. The van der Waals surface area contributed by atoms with Gasteiger partial charge < -0.3 is 4.74 Å². The summed E-state index contributed by atoms with van der Waals surface area (Å²) in [5.41, 5.74) is 1.01. The zero-order valence-electron chi connectivity index (χ0n) is 8.75. The molecular formula is C11H7Br2ClN2O. The van der Waals surface area contributed by atoms with Crippen molar-refractivity contribution in [2.45, 2.75) is 6.92 Å². The van der Waals surface area contributed by atoms with Gasteiger partial charge in [0, 0.05) is 10.7 Å². The molecule has 0 amide bonds. The smallest absolute Gasteiger partial charge is 0.237 e. The molecule has 0 aliphatic rings. The van der Waals surface area contributed by atoms with Gasteiger partial charge in [0.05, 0.1) is 4.47 Å². The Morgan fingerprint density at radius 1 is 1.29 bits per heavy atom. The molecule has 0 fully saturated rings. The number of aromatic nitrogens is 2. The summed E-state index contributed by atoms with van der Waals surface area (Å²) in [6, 6.07) is 5.78. The molecular weight excluding hydrogens is 371 g/mol. The van der Waals surface area contributed by atoms with Gasteiger partial charge in [-0.05, 0) is 52.2 Å². The summed E-state index contributed by atoms with van der Waals surface area (Å²) < 4.78 is 7.28. The van der Waals surface area contributed by atoms with Gasteiger partial charge in [-0.3, -0.25) is 0 Å². The molecule has 0 spiro atoms. The Morgan fingerprint density at radius 2 is 2.06 bits per heavy atom. The van der Waals surface area contributed by atoms with Crippen LogP contribution in [0.2, 0.25) is 5.28 Å². The maximum Gasteiger partial charge on any atom is 0.237 e. The number of aryl methyl sites for hydroxylation is 1. The van der Waals surface area contributed by atoms with E-state index in [1.54, 1.807) is 6.20 Å². The van der Waals surface area contributed by atoms with Gasteiger partial charge in [-0.25, -0.2) is 4.98 Å². The van der Waals surface area contributed by atoms with Crippen molar-refractivity contribution in [3.05, 3.63) is 44.2 Å². The summed E-state index contributed by atoms with van der Waals surface area (Å²) in [6.45, 7) is 1.96. The highest BCUT2D eigenvalue weighted by Crippen LogP contribution is 2.31. The van der Waals surface area contributed by atoms with E-state index in [2.05, 4.69) is 41.8 Å². The van der Waals surface area contributed by atoms with Gasteiger partial charge >= 0.3 is 0 Å². The molecule has 0 N–H and O–H groups in total. The first kappa shape index (κ1) is 12.8. The van der Waals surface area contributed by atoms with E-state index in [0.29, 0.717) is 10.4 Å². The number of nitrogens with zero attached hydrogens (tertiary/aromatic N) is 2. The van der Waals surface area contributed by atoms with Crippen molar-refractivity contribution in [2.24, 2.45) is 0 Å². The van der Waals surface area contributed by atoms with Crippen LogP contribution in [0.25, 0.3) is 0 Å². The number of ether oxygens (including phenoxy) is 1. The first-order valence-corrected chi connectivity index (χ1v) is 6.64. The van der Waals surface area contributed by atoms with Crippen LogP contribution in [0.4, 0.5) is 0 Å². The minimum Gasteiger partial charge on any atom is -0.437 e. The minimum absolute atomic E-state index is 0.149. The lowest BCUT2D eigenvalue weighted by molar-refractivity contribution is 0.454. The largest absolute Gasteiger partial charge is 0.437 e. The van der Waals surface area contributed by atoms with Gasteiger partial charge in [0.1, 0.15) is 5.75 Å². The van der Waals surface area contributed by atoms with E-state index in [1.807, 2.05) is 25.1 Å². The Morgan fingerprint density at radius 3 is 2.82 bits per heavy atom. The number of hydrogen-bond donors (Lipinski definition) is 0. The summed E-state index contributed by atoms with van der Waals surface area (Å²) in [4.78, 5) is 7.85. The standard InChI is InChI=1S/C11H7Br2ClN2O/c1-6-2-3-7(12)4-9(6)17-10-8(13)5-15-11(14)16-10/h2-5H,1H3. The van der Waals surface area contributed by atoms with Gasteiger partial charge in [-0.2, -0.15) is 4.98 Å². The van der Waals surface area contributed by atoms with Gasteiger partial charge in [0.15, 0.2) is 0 Å². The van der Waals surface area contributed by atoms with Crippen LogP contribution in [-0.4, -0.2) is 9.97 Å². The molecule has 0 aliphatic carbocycles. The van der Waals surface area contributed by atoms with E-state index in [0.717, 1.165) is 15.8 Å². The third kappa shape index (κ3) is 3.18. The van der Waals surface area contributed by atoms with Crippen molar-refractivity contribution in [1.29, 1.82) is 0 Å². The molecule has 0 aliphatic heterocycles. The molecule has 1 heterocycles. The van der Waals surface area contributed by atoms with Gasteiger partial charge in [0.2, 0.25) is 11.2 Å². The Hall–Kier alpha value is -0.650. The summed E-state index contributed by atoms with van der Waals surface area (Å²) in [5.74, 6) is 1.11. The van der Waals surface area contributed by atoms with E-state index in [9.17, 15) is 0 Å². The zero-order chi connectivity index (χ0) is 12.4. The lowest BCUT2D eigenvalue weighted by Crippen LogP contribution is -1.93. The van der Waals surface area contributed by atoms with Gasteiger partial charge in [-0.1, -0.05) is 22.0 Å². The second-order valence-electron chi connectivity index (χ2n) is 3.30. The lowest BCUT2D eigenvalue weighted by Gasteiger charge is -2.09. The van der Waals surface area contributed by atoms with Crippen LogP contribution in [-0.2, 0) is 0 Å². The molecule has 0 unspecified atom stereocenters. The maximum atomic E-state index is 5.72. The lowest BCUT2D eigenvalue weighted by atomic mass is 10.2. The highest BCUT2D eigenvalue weighted by molar-refractivity contribution is 9.10. The molecule has 6 heteroatoms. The molecule has 0 saturated carbocycles. The first-order valence-electron chi connectivity index (χ1n) is 4.68. The molecule has 0 radical (unpaired) electrons. The highest BCUT2D eigenvalue weighted by Gasteiger charge is 2.08. The topological polar surface area (TPSA) is 35.0 Å². The van der Waals surface area contributed by atoms with E-state index in [1.165, 1.54) is 0 Å². The summed E-state index contributed by atoms with van der Waals surface area (Å²) >= 11 is 12.4. The van der Waals surface area contributed by atoms with E-state index < -0.39 is 0 Å². The maximum absolute atomic E-state index is 5.72. The van der Waals surface area contributed by atoms with Crippen LogP contribution in [0.1, 0.15) is 5.56 Å². The molecule has 17 heavy (non-hydrogen) atoms. The second kappa shape index (κ2) is 5.33. The SMILES string of the molecule is Cc1ccc(Br)cc1Oc1nc(Cl)ncc1Br. The molecule has 0 bridgehead atoms. The molecule has 1 aromatic carbocycles. The first-order chi connectivity index (χ1) is 8.06. The average molecular weight is 378 g/mol.